The van der Waals surface area contributed by atoms with Crippen molar-refractivity contribution in [2.45, 2.75) is 90.6 Å². The molecule has 0 aliphatic heterocycles. The molecule has 0 spiro atoms. The molecule has 0 aliphatic carbocycles. The lowest BCUT2D eigenvalue weighted by Crippen LogP contribution is -2.29. The number of phosphoric ester groups is 1. The largest absolute Gasteiger partial charge is 0.469 e. The van der Waals surface area contributed by atoms with Gasteiger partial charge in [-0.05, 0) is 6.42 Å². The average Bonchev–Trinajstić information content (AvgIpc) is 2.58. The first-order valence-electron chi connectivity index (χ1n) is 9.77. The lowest BCUT2D eigenvalue weighted by atomic mass is 10.1. The number of esters is 2. The third-order valence-electron chi connectivity index (χ3n) is 3.93. The Hall–Kier alpha value is -0.950. The van der Waals surface area contributed by atoms with E-state index in [1.54, 1.807) is 0 Å². The lowest BCUT2D eigenvalue weighted by Gasteiger charge is -2.18. The Morgan fingerprint density at radius 2 is 1.41 bits per heavy atom. The van der Waals surface area contributed by atoms with Gasteiger partial charge in [0.05, 0.1) is 6.61 Å². The minimum Gasteiger partial charge on any atom is -0.462 e. The molecule has 160 valence electrons. The minimum atomic E-state index is -4.69. The number of hydrogen-bond acceptors (Lipinski definition) is 6. The van der Waals surface area contributed by atoms with Crippen LogP contribution in [0.5, 0.6) is 0 Å². The molecular weight excluding hydrogens is 375 g/mol. The fourth-order valence-electron chi connectivity index (χ4n) is 2.51. The van der Waals surface area contributed by atoms with Crippen LogP contribution < -0.4 is 0 Å². The molecule has 1 unspecified atom stereocenters. The standard InChI is InChI=1S/C18H35O8P/c1-3-4-5-6-7-8-9-10-11-12-13-18(20)26-17(14-24-16(2)19)15-25-27(21,22)23/h17H,3-15H2,1-2H3,(H2,21,22,23). The molecule has 0 amide bonds. The van der Waals surface area contributed by atoms with Crippen molar-refractivity contribution in [2.75, 3.05) is 13.2 Å². The molecule has 0 aromatic rings. The highest BCUT2D eigenvalue weighted by molar-refractivity contribution is 7.46. The summed E-state index contributed by atoms with van der Waals surface area (Å²) in [6, 6.07) is 0. The number of carbonyl (C=O) groups excluding carboxylic acids is 2. The number of rotatable bonds is 17. The molecule has 27 heavy (non-hydrogen) atoms. The van der Waals surface area contributed by atoms with Gasteiger partial charge in [0.1, 0.15) is 6.61 Å². The van der Waals surface area contributed by atoms with Crippen LogP contribution in [0.4, 0.5) is 0 Å². The molecule has 1 atom stereocenters. The van der Waals surface area contributed by atoms with Crippen molar-refractivity contribution in [1.29, 1.82) is 0 Å². The highest BCUT2D eigenvalue weighted by atomic mass is 31.2. The van der Waals surface area contributed by atoms with E-state index in [0.717, 1.165) is 19.3 Å². The number of carbonyl (C=O) groups is 2. The van der Waals surface area contributed by atoms with Crippen LogP contribution in [0.25, 0.3) is 0 Å². The second kappa shape index (κ2) is 16.0. The van der Waals surface area contributed by atoms with Crippen molar-refractivity contribution in [3.05, 3.63) is 0 Å². The van der Waals surface area contributed by atoms with Crippen LogP contribution >= 0.6 is 7.82 Å². The smallest absolute Gasteiger partial charge is 0.462 e. The van der Waals surface area contributed by atoms with E-state index < -0.39 is 32.5 Å². The van der Waals surface area contributed by atoms with E-state index >= 15 is 0 Å². The molecule has 0 heterocycles. The fraction of sp³-hybridized carbons (Fsp3) is 0.889. The zero-order valence-corrected chi connectivity index (χ0v) is 17.5. The highest BCUT2D eigenvalue weighted by Crippen LogP contribution is 2.35. The van der Waals surface area contributed by atoms with E-state index in [1.807, 2.05) is 0 Å². The number of phosphoric acid groups is 1. The minimum absolute atomic E-state index is 0.211. The van der Waals surface area contributed by atoms with Gasteiger partial charge in [-0.15, -0.1) is 0 Å². The summed E-state index contributed by atoms with van der Waals surface area (Å²) in [4.78, 5) is 40.1. The molecule has 0 bridgehead atoms. The number of unbranched alkanes of at least 4 members (excludes halogenated alkanes) is 9. The molecule has 0 fully saturated rings. The van der Waals surface area contributed by atoms with Crippen LogP contribution in [0.15, 0.2) is 0 Å². The molecule has 9 heteroatoms. The Morgan fingerprint density at radius 3 is 1.89 bits per heavy atom. The first kappa shape index (κ1) is 26.1. The summed E-state index contributed by atoms with van der Waals surface area (Å²) in [6.45, 7) is 2.54. The van der Waals surface area contributed by atoms with E-state index in [0.29, 0.717) is 6.42 Å². The van der Waals surface area contributed by atoms with Crippen LogP contribution in [-0.4, -0.2) is 41.0 Å². The van der Waals surface area contributed by atoms with Crippen LogP contribution in [0.1, 0.15) is 84.5 Å². The topological polar surface area (TPSA) is 119 Å². The van der Waals surface area contributed by atoms with Gasteiger partial charge in [0.15, 0.2) is 6.10 Å². The maximum absolute atomic E-state index is 11.8. The van der Waals surface area contributed by atoms with Crippen molar-refractivity contribution < 1.29 is 37.9 Å². The second-order valence-electron chi connectivity index (χ2n) is 6.63. The SMILES string of the molecule is CCCCCCCCCCCCC(=O)OC(COC(C)=O)COP(=O)(O)O. The molecule has 0 saturated heterocycles. The van der Waals surface area contributed by atoms with Gasteiger partial charge in [-0.25, -0.2) is 4.57 Å². The summed E-state index contributed by atoms with van der Waals surface area (Å²) >= 11 is 0. The van der Waals surface area contributed by atoms with Crippen molar-refractivity contribution >= 4 is 19.8 Å². The average molecular weight is 410 g/mol. The van der Waals surface area contributed by atoms with Gasteiger partial charge in [-0.1, -0.05) is 64.7 Å². The van der Waals surface area contributed by atoms with Crippen LogP contribution in [0.3, 0.4) is 0 Å². The molecule has 2 N–H and O–H groups in total. The number of hydrogen-bond donors (Lipinski definition) is 2. The summed E-state index contributed by atoms with van der Waals surface area (Å²) in [6.07, 6.45) is 10.7. The molecule has 0 radical (unpaired) electrons. The van der Waals surface area contributed by atoms with Gasteiger partial charge >= 0.3 is 19.8 Å². The summed E-state index contributed by atoms with van der Waals surface area (Å²) in [5, 5.41) is 0. The van der Waals surface area contributed by atoms with Gasteiger partial charge < -0.3 is 19.3 Å². The Kier molecular flexibility index (Phi) is 15.5. The normalized spacial score (nSPS) is 12.6. The van der Waals surface area contributed by atoms with Gasteiger partial charge in [0.2, 0.25) is 0 Å². The Balaban J connectivity index is 3.88. The Labute approximate surface area is 162 Å². The van der Waals surface area contributed by atoms with Gasteiger partial charge in [0.25, 0.3) is 0 Å². The van der Waals surface area contributed by atoms with Crippen molar-refractivity contribution in [3.63, 3.8) is 0 Å². The monoisotopic (exact) mass is 410 g/mol. The molecule has 8 nitrogen and oxygen atoms in total. The summed E-state index contributed by atoms with van der Waals surface area (Å²) in [5.74, 6) is -1.08. The zero-order chi connectivity index (χ0) is 20.5. The summed E-state index contributed by atoms with van der Waals surface area (Å²) in [5.41, 5.74) is 0. The van der Waals surface area contributed by atoms with Crippen LogP contribution in [0.2, 0.25) is 0 Å². The maximum atomic E-state index is 11.8. The fourth-order valence-corrected chi connectivity index (χ4v) is 2.87. The van der Waals surface area contributed by atoms with E-state index in [-0.39, 0.29) is 13.0 Å². The molecular formula is C18H35O8P. The predicted octanol–water partition coefficient (Wildman–Crippen LogP) is 3.88. The van der Waals surface area contributed by atoms with Gasteiger partial charge in [0, 0.05) is 13.3 Å². The zero-order valence-electron chi connectivity index (χ0n) is 16.6. The van der Waals surface area contributed by atoms with E-state index in [1.165, 1.54) is 45.4 Å². The van der Waals surface area contributed by atoms with Gasteiger partial charge in [-0.2, -0.15) is 0 Å². The van der Waals surface area contributed by atoms with Gasteiger partial charge in [-0.3, -0.25) is 14.1 Å². The molecule has 0 aromatic heterocycles. The van der Waals surface area contributed by atoms with Crippen LogP contribution in [0, 0.1) is 0 Å². The Morgan fingerprint density at radius 1 is 0.889 bits per heavy atom. The molecule has 0 aromatic carbocycles. The van der Waals surface area contributed by atoms with E-state index in [2.05, 4.69) is 11.4 Å². The summed E-state index contributed by atoms with van der Waals surface area (Å²) in [7, 11) is -4.69. The van der Waals surface area contributed by atoms with Crippen LogP contribution in [-0.2, 0) is 28.2 Å². The van der Waals surface area contributed by atoms with Crippen molar-refractivity contribution in [1.82, 2.24) is 0 Å². The molecule has 0 rings (SSSR count). The van der Waals surface area contributed by atoms with Crippen molar-refractivity contribution in [2.24, 2.45) is 0 Å². The van der Waals surface area contributed by atoms with E-state index in [9.17, 15) is 14.2 Å². The third-order valence-corrected chi connectivity index (χ3v) is 4.42. The Bertz CT molecular complexity index is 449. The van der Waals surface area contributed by atoms with Crippen molar-refractivity contribution in [3.8, 4) is 0 Å². The third kappa shape index (κ3) is 19.6. The van der Waals surface area contributed by atoms with E-state index in [4.69, 9.17) is 19.3 Å². The maximum Gasteiger partial charge on any atom is 0.469 e. The quantitative estimate of drug-likeness (QED) is 0.211. The predicted molar refractivity (Wildman–Crippen MR) is 101 cm³/mol. The second-order valence-corrected chi connectivity index (χ2v) is 7.87. The summed E-state index contributed by atoms with van der Waals surface area (Å²) < 4.78 is 24.9. The first-order valence-corrected chi connectivity index (χ1v) is 11.3. The molecule has 0 aliphatic rings. The first-order chi connectivity index (χ1) is 12.7. The number of ether oxygens (including phenoxy) is 2. The molecule has 0 saturated carbocycles. The highest BCUT2D eigenvalue weighted by Gasteiger charge is 2.22. The lowest BCUT2D eigenvalue weighted by molar-refractivity contribution is -0.160.